The van der Waals surface area contributed by atoms with E-state index in [0.717, 1.165) is 6.42 Å². The minimum absolute atomic E-state index is 0.235. The monoisotopic (exact) mass is 284 g/mol. The number of nitrogens with zero attached hydrogens (tertiary/aromatic N) is 1. The van der Waals surface area contributed by atoms with E-state index in [1.807, 2.05) is 11.3 Å². The Hall–Kier alpha value is -0.0300. The normalized spacial score (nSPS) is 23.5. The summed E-state index contributed by atoms with van der Waals surface area (Å²) < 4.78 is 0. The number of rotatable bonds is 5. The summed E-state index contributed by atoms with van der Waals surface area (Å²) in [7, 11) is 2.26. The first-order chi connectivity index (χ1) is 8.63. The van der Waals surface area contributed by atoms with Gasteiger partial charge in [-0.25, -0.2) is 0 Å². The Balaban J connectivity index is 2.18. The molecule has 18 heavy (non-hydrogen) atoms. The van der Waals surface area contributed by atoms with Crippen LogP contribution in [-0.4, -0.2) is 35.5 Å². The van der Waals surface area contributed by atoms with Gasteiger partial charge in [0.15, 0.2) is 0 Å². The molecule has 1 aromatic heterocycles. The highest BCUT2D eigenvalue weighted by molar-refractivity contribution is 7.99. The molecule has 2 nitrogen and oxygen atoms in total. The Morgan fingerprint density at radius 2 is 2.28 bits per heavy atom. The quantitative estimate of drug-likeness (QED) is 0.900. The van der Waals surface area contributed by atoms with Crippen LogP contribution in [0.15, 0.2) is 12.1 Å². The molecule has 0 saturated carbocycles. The van der Waals surface area contributed by atoms with Gasteiger partial charge in [0.05, 0.1) is 6.04 Å². The summed E-state index contributed by atoms with van der Waals surface area (Å²) >= 11 is 3.97. The lowest BCUT2D eigenvalue weighted by Gasteiger charge is -2.35. The van der Waals surface area contributed by atoms with E-state index in [1.54, 1.807) is 0 Å². The molecule has 2 heterocycles. The van der Waals surface area contributed by atoms with Gasteiger partial charge in [0.25, 0.3) is 0 Å². The number of hydrogen-bond donors (Lipinski definition) is 1. The first-order valence-corrected chi connectivity index (χ1v) is 8.72. The maximum Gasteiger partial charge on any atom is 0.0593 e. The molecule has 1 aliphatic heterocycles. The van der Waals surface area contributed by atoms with Gasteiger partial charge in [-0.05, 0) is 44.7 Å². The summed E-state index contributed by atoms with van der Waals surface area (Å²) in [5.74, 6) is 2.56. The Kier molecular flexibility index (Phi) is 5.13. The summed E-state index contributed by atoms with van der Waals surface area (Å²) in [4.78, 5) is 5.34. The molecular weight excluding hydrogens is 260 g/mol. The van der Waals surface area contributed by atoms with Gasteiger partial charge in [0.2, 0.25) is 0 Å². The van der Waals surface area contributed by atoms with E-state index >= 15 is 0 Å². The summed E-state index contributed by atoms with van der Waals surface area (Å²) in [6.07, 6.45) is 2.34. The molecule has 2 N–H and O–H groups in total. The highest BCUT2D eigenvalue weighted by Gasteiger charge is 2.31. The number of nitrogens with two attached hydrogens (primary N) is 1. The standard InChI is InChI=1S/C14H24N2S2/c1-4-12(15)14(13-6-5-10(2)18-13)16(3)11-7-8-17-9-11/h5-6,11-12,14H,4,7-9,15H2,1-3H3. The van der Waals surface area contributed by atoms with Crippen LogP contribution in [0.3, 0.4) is 0 Å². The zero-order chi connectivity index (χ0) is 13.1. The van der Waals surface area contributed by atoms with E-state index in [9.17, 15) is 0 Å². The van der Waals surface area contributed by atoms with Crippen molar-refractivity contribution in [3.8, 4) is 0 Å². The molecule has 1 aromatic rings. The van der Waals surface area contributed by atoms with Crippen LogP contribution in [0, 0.1) is 6.92 Å². The fraction of sp³-hybridized carbons (Fsp3) is 0.714. The van der Waals surface area contributed by atoms with Crippen LogP contribution in [0.1, 0.15) is 35.6 Å². The van der Waals surface area contributed by atoms with Crippen LogP contribution in [0.5, 0.6) is 0 Å². The third-order valence-electron chi connectivity index (χ3n) is 3.85. The largest absolute Gasteiger partial charge is 0.326 e. The molecule has 0 spiro atoms. The average molecular weight is 284 g/mol. The summed E-state index contributed by atoms with van der Waals surface area (Å²) in [6, 6.07) is 5.79. The molecule has 1 fully saturated rings. The van der Waals surface area contributed by atoms with Crippen molar-refractivity contribution >= 4 is 23.1 Å². The van der Waals surface area contributed by atoms with Gasteiger partial charge in [-0.1, -0.05) is 6.92 Å². The SMILES string of the molecule is CCC(N)C(c1ccc(C)s1)N(C)C1CCSC1. The number of thioether (sulfide) groups is 1. The van der Waals surface area contributed by atoms with Crippen molar-refractivity contribution < 1.29 is 0 Å². The first kappa shape index (κ1) is 14.4. The van der Waals surface area contributed by atoms with Gasteiger partial charge in [-0.3, -0.25) is 4.90 Å². The van der Waals surface area contributed by atoms with Gasteiger partial charge in [0, 0.05) is 27.6 Å². The third kappa shape index (κ3) is 3.10. The van der Waals surface area contributed by atoms with E-state index < -0.39 is 0 Å². The zero-order valence-corrected chi connectivity index (χ0v) is 13.2. The summed E-state index contributed by atoms with van der Waals surface area (Å²) in [6.45, 7) is 4.36. The molecule has 3 unspecified atom stereocenters. The van der Waals surface area contributed by atoms with Crippen LogP contribution in [-0.2, 0) is 0 Å². The van der Waals surface area contributed by atoms with Crippen LogP contribution >= 0.6 is 23.1 Å². The van der Waals surface area contributed by atoms with Crippen LogP contribution in [0.25, 0.3) is 0 Å². The van der Waals surface area contributed by atoms with Crippen molar-refractivity contribution in [1.82, 2.24) is 4.90 Å². The van der Waals surface area contributed by atoms with Crippen LogP contribution in [0.2, 0.25) is 0 Å². The molecule has 2 rings (SSSR count). The predicted octanol–water partition coefficient (Wildman–Crippen LogP) is 3.27. The molecule has 4 heteroatoms. The fourth-order valence-corrected chi connectivity index (χ4v) is 5.00. The lowest BCUT2D eigenvalue weighted by Crippen LogP contribution is -2.43. The fourth-order valence-electron chi connectivity index (χ4n) is 2.62. The molecule has 3 atom stereocenters. The number of likely N-dealkylation sites (N-methyl/N-ethyl adjacent to an activating group) is 1. The van der Waals surface area contributed by atoms with Gasteiger partial charge in [0.1, 0.15) is 0 Å². The van der Waals surface area contributed by atoms with E-state index in [0.29, 0.717) is 12.1 Å². The van der Waals surface area contributed by atoms with Crippen molar-refractivity contribution in [2.24, 2.45) is 5.73 Å². The Morgan fingerprint density at radius 1 is 1.50 bits per heavy atom. The molecule has 0 aromatic carbocycles. The Morgan fingerprint density at radius 3 is 2.78 bits per heavy atom. The van der Waals surface area contributed by atoms with Gasteiger partial charge in [-0.2, -0.15) is 11.8 Å². The van der Waals surface area contributed by atoms with Crippen molar-refractivity contribution in [2.45, 2.75) is 44.8 Å². The molecule has 0 radical (unpaired) electrons. The van der Waals surface area contributed by atoms with Gasteiger partial charge in [-0.15, -0.1) is 11.3 Å². The maximum atomic E-state index is 6.39. The molecule has 0 bridgehead atoms. The second-order valence-electron chi connectivity index (χ2n) is 5.15. The zero-order valence-electron chi connectivity index (χ0n) is 11.6. The molecular formula is C14H24N2S2. The predicted molar refractivity (Wildman–Crippen MR) is 83.6 cm³/mol. The lowest BCUT2D eigenvalue weighted by molar-refractivity contribution is 0.164. The van der Waals surface area contributed by atoms with Crippen LogP contribution in [0.4, 0.5) is 0 Å². The third-order valence-corrected chi connectivity index (χ3v) is 6.07. The molecule has 102 valence electrons. The van der Waals surface area contributed by atoms with Crippen molar-refractivity contribution in [2.75, 3.05) is 18.6 Å². The van der Waals surface area contributed by atoms with Gasteiger partial charge >= 0.3 is 0 Å². The Labute approximate surface area is 119 Å². The van der Waals surface area contributed by atoms with Gasteiger partial charge < -0.3 is 5.73 Å². The minimum Gasteiger partial charge on any atom is -0.326 e. The Bertz CT molecular complexity index is 372. The lowest BCUT2D eigenvalue weighted by atomic mass is 10.0. The van der Waals surface area contributed by atoms with E-state index in [1.165, 1.54) is 27.7 Å². The van der Waals surface area contributed by atoms with Crippen LogP contribution < -0.4 is 5.73 Å². The average Bonchev–Trinajstić information content (AvgIpc) is 3.00. The topological polar surface area (TPSA) is 29.3 Å². The molecule has 1 aliphatic rings. The number of aryl methyl sites for hydroxylation is 1. The highest BCUT2D eigenvalue weighted by Crippen LogP contribution is 2.34. The number of thiophene rings is 1. The molecule has 1 saturated heterocycles. The highest BCUT2D eigenvalue weighted by atomic mass is 32.2. The van der Waals surface area contributed by atoms with E-state index in [2.05, 4.69) is 49.7 Å². The van der Waals surface area contributed by atoms with E-state index in [4.69, 9.17) is 5.73 Å². The van der Waals surface area contributed by atoms with Crippen molar-refractivity contribution in [3.63, 3.8) is 0 Å². The first-order valence-electron chi connectivity index (χ1n) is 6.75. The molecule has 0 aliphatic carbocycles. The summed E-state index contributed by atoms with van der Waals surface area (Å²) in [5.41, 5.74) is 6.39. The smallest absolute Gasteiger partial charge is 0.0593 e. The molecule has 0 amide bonds. The second kappa shape index (κ2) is 6.42. The summed E-state index contributed by atoms with van der Waals surface area (Å²) in [5, 5.41) is 0. The van der Waals surface area contributed by atoms with Crippen molar-refractivity contribution in [3.05, 3.63) is 21.9 Å². The van der Waals surface area contributed by atoms with E-state index in [-0.39, 0.29) is 6.04 Å². The second-order valence-corrected chi connectivity index (χ2v) is 7.62. The minimum atomic E-state index is 0.235. The van der Waals surface area contributed by atoms with Crippen molar-refractivity contribution in [1.29, 1.82) is 0 Å². The maximum absolute atomic E-state index is 6.39. The number of hydrogen-bond acceptors (Lipinski definition) is 4.